The van der Waals surface area contributed by atoms with E-state index in [0.717, 1.165) is 55.3 Å². The minimum atomic E-state index is -0.497. The van der Waals surface area contributed by atoms with Gasteiger partial charge in [-0.3, -0.25) is 9.59 Å². The number of likely N-dealkylation sites (tertiary alicyclic amines) is 1. The Bertz CT molecular complexity index is 921. The smallest absolute Gasteiger partial charge is 0.230 e. The van der Waals surface area contributed by atoms with Gasteiger partial charge in [-0.1, -0.05) is 67.3 Å². The second-order valence-corrected chi connectivity index (χ2v) is 9.01. The van der Waals surface area contributed by atoms with E-state index in [-0.39, 0.29) is 11.8 Å². The van der Waals surface area contributed by atoms with Crippen LogP contribution in [0.1, 0.15) is 61.6 Å². The lowest BCUT2D eigenvalue weighted by molar-refractivity contribution is -0.128. The molecule has 0 aromatic heterocycles. The van der Waals surface area contributed by atoms with Crippen LogP contribution >= 0.6 is 11.6 Å². The first kappa shape index (κ1) is 20.9. The summed E-state index contributed by atoms with van der Waals surface area (Å²) in [7, 11) is 0. The van der Waals surface area contributed by atoms with Gasteiger partial charge in [0.1, 0.15) is 0 Å². The van der Waals surface area contributed by atoms with Crippen LogP contribution in [0.2, 0.25) is 5.02 Å². The van der Waals surface area contributed by atoms with E-state index in [1.165, 1.54) is 6.42 Å². The highest BCUT2D eigenvalue weighted by atomic mass is 35.5. The summed E-state index contributed by atoms with van der Waals surface area (Å²) in [6.07, 6.45) is 6.60. The van der Waals surface area contributed by atoms with Crippen molar-refractivity contribution in [3.05, 3.63) is 70.2 Å². The van der Waals surface area contributed by atoms with E-state index in [9.17, 15) is 9.59 Å². The molecule has 0 spiro atoms. The molecule has 158 valence electrons. The molecule has 0 bridgehead atoms. The number of benzene rings is 2. The van der Waals surface area contributed by atoms with Crippen LogP contribution in [0.4, 0.5) is 0 Å². The Hall–Kier alpha value is -2.33. The molecule has 2 aromatic carbocycles. The number of hydrogen-bond donors (Lipinski definition) is 1. The zero-order valence-corrected chi connectivity index (χ0v) is 18.1. The average Bonchev–Trinajstić information content (AvgIpc) is 3.17. The van der Waals surface area contributed by atoms with Crippen molar-refractivity contribution in [1.82, 2.24) is 10.2 Å². The van der Waals surface area contributed by atoms with Crippen LogP contribution in [0.25, 0.3) is 0 Å². The minimum Gasteiger partial charge on any atom is -0.351 e. The Kier molecular flexibility index (Phi) is 6.43. The van der Waals surface area contributed by atoms with E-state index in [4.69, 9.17) is 11.6 Å². The molecule has 1 aliphatic carbocycles. The van der Waals surface area contributed by atoms with Gasteiger partial charge in [-0.2, -0.15) is 0 Å². The first-order valence-electron chi connectivity index (χ1n) is 11.0. The summed E-state index contributed by atoms with van der Waals surface area (Å²) in [5.74, 6) is 0.319. The Morgan fingerprint density at radius 1 is 1.00 bits per heavy atom. The lowest BCUT2D eigenvalue weighted by Gasteiger charge is -2.36. The van der Waals surface area contributed by atoms with E-state index < -0.39 is 5.41 Å². The van der Waals surface area contributed by atoms with E-state index in [2.05, 4.69) is 11.4 Å². The molecule has 0 unspecified atom stereocenters. The largest absolute Gasteiger partial charge is 0.351 e. The van der Waals surface area contributed by atoms with Crippen molar-refractivity contribution in [2.24, 2.45) is 0 Å². The van der Waals surface area contributed by atoms with E-state index in [0.29, 0.717) is 24.5 Å². The molecule has 1 saturated heterocycles. The van der Waals surface area contributed by atoms with Crippen LogP contribution < -0.4 is 5.32 Å². The van der Waals surface area contributed by atoms with Gasteiger partial charge in [-0.05, 0) is 48.1 Å². The molecule has 2 aromatic rings. The number of nitrogens with one attached hydrogen (secondary N) is 1. The van der Waals surface area contributed by atoms with Gasteiger partial charge in [-0.15, -0.1) is 0 Å². The van der Waals surface area contributed by atoms with Crippen LogP contribution in [0.5, 0.6) is 0 Å². The zero-order valence-electron chi connectivity index (χ0n) is 17.3. The van der Waals surface area contributed by atoms with E-state index in [1.807, 2.05) is 47.4 Å². The van der Waals surface area contributed by atoms with Crippen LogP contribution in [-0.2, 0) is 28.1 Å². The van der Waals surface area contributed by atoms with Gasteiger partial charge in [-0.25, -0.2) is 0 Å². The van der Waals surface area contributed by atoms with Crippen LogP contribution in [-0.4, -0.2) is 23.3 Å². The highest BCUT2D eigenvalue weighted by Crippen LogP contribution is 2.40. The second-order valence-electron chi connectivity index (χ2n) is 8.57. The maximum absolute atomic E-state index is 13.4. The first-order chi connectivity index (χ1) is 14.6. The molecule has 2 amide bonds. The van der Waals surface area contributed by atoms with Crippen molar-refractivity contribution < 1.29 is 9.59 Å². The molecular formula is C25H29ClN2O2. The molecule has 4 rings (SSSR count). The average molecular weight is 425 g/mol. The molecule has 0 atom stereocenters. The van der Waals surface area contributed by atoms with Gasteiger partial charge in [0.15, 0.2) is 0 Å². The Morgan fingerprint density at radius 2 is 1.77 bits per heavy atom. The predicted molar refractivity (Wildman–Crippen MR) is 119 cm³/mol. The molecule has 0 radical (unpaired) electrons. The summed E-state index contributed by atoms with van der Waals surface area (Å²) in [5, 5.41) is 3.87. The molecular weight excluding hydrogens is 396 g/mol. The van der Waals surface area contributed by atoms with Crippen molar-refractivity contribution in [2.45, 2.75) is 63.5 Å². The molecule has 30 heavy (non-hydrogen) atoms. The molecule has 1 N–H and O–H groups in total. The van der Waals surface area contributed by atoms with Crippen LogP contribution in [0, 0.1) is 0 Å². The van der Waals surface area contributed by atoms with Gasteiger partial charge in [0, 0.05) is 31.1 Å². The SMILES string of the molecule is O=C1CCCN1Cc1cccc(CNC(=O)C2(c3cccc(Cl)c3)CCCCC2)c1. The normalized spacial score (nSPS) is 18.4. The fourth-order valence-electron chi connectivity index (χ4n) is 4.87. The van der Waals surface area contributed by atoms with Gasteiger partial charge in [0.2, 0.25) is 11.8 Å². The number of carbonyl (C=O) groups is 2. The third-order valence-electron chi connectivity index (χ3n) is 6.51. The maximum Gasteiger partial charge on any atom is 0.230 e. The lowest BCUT2D eigenvalue weighted by atomic mass is 9.68. The van der Waals surface area contributed by atoms with Crippen molar-refractivity contribution in [1.29, 1.82) is 0 Å². The molecule has 5 heteroatoms. The molecule has 2 aliphatic rings. The van der Waals surface area contributed by atoms with Gasteiger partial charge < -0.3 is 10.2 Å². The highest BCUT2D eigenvalue weighted by Gasteiger charge is 2.41. The van der Waals surface area contributed by atoms with Crippen LogP contribution in [0.15, 0.2) is 48.5 Å². The standard InChI is InChI=1S/C25H29ClN2O2/c26-22-10-5-9-21(16-22)25(12-2-1-3-13-25)24(30)27-17-19-7-4-8-20(15-19)18-28-14-6-11-23(28)29/h4-5,7-10,15-16H,1-3,6,11-14,17-18H2,(H,27,30). The quantitative estimate of drug-likeness (QED) is 0.710. The van der Waals surface area contributed by atoms with Gasteiger partial charge in [0.05, 0.1) is 5.41 Å². The van der Waals surface area contributed by atoms with Crippen molar-refractivity contribution in [3.8, 4) is 0 Å². The van der Waals surface area contributed by atoms with Gasteiger partial charge >= 0.3 is 0 Å². The molecule has 2 fully saturated rings. The van der Waals surface area contributed by atoms with Crippen molar-refractivity contribution in [2.75, 3.05) is 6.54 Å². The summed E-state index contributed by atoms with van der Waals surface area (Å²) in [4.78, 5) is 27.2. The van der Waals surface area contributed by atoms with Gasteiger partial charge in [0.25, 0.3) is 0 Å². The summed E-state index contributed by atoms with van der Waals surface area (Å²) < 4.78 is 0. The number of halogens is 1. The topological polar surface area (TPSA) is 49.4 Å². The lowest BCUT2D eigenvalue weighted by Crippen LogP contribution is -2.45. The summed E-state index contributed by atoms with van der Waals surface area (Å²) in [5.41, 5.74) is 2.69. The molecule has 1 aliphatic heterocycles. The Balaban J connectivity index is 1.46. The fourth-order valence-corrected chi connectivity index (χ4v) is 5.06. The summed E-state index contributed by atoms with van der Waals surface area (Å²) in [6.45, 7) is 1.97. The number of carbonyl (C=O) groups excluding carboxylic acids is 2. The maximum atomic E-state index is 13.4. The predicted octanol–water partition coefficient (Wildman–Crippen LogP) is 4.98. The van der Waals surface area contributed by atoms with Crippen molar-refractivity contribution >= 4 is 23.4 Å². The number of rotatable bonds is 6. The molecule has 1 saturated carbocycles. The monoisotopic (exact) mass is 424 g/mol. The van der Waals surface area contributed by atoms with E-state index in [1.54, 1.807) is 0 Å². The number of amides is 2. The molecule has 1 heterocycles. The summed E-state index contributed by atoms with van der Waals surface area (Å²) >= 11 is 6.24. The minimum absolute atomic E-state index is 0.0876. The zero-order chi connectivity index (χ0) is 21.0. The highest BCUT2D eigenvalue weighted by molar-refractivity contribution is 6.30. The third-order valence-corrected chi connectivity index (χ3v) is 6.74. The first-order valence-corrected chi connectivity index (χ1v) is 11.3. The van der Waals surface area contributed by atoms with Crippen molar-refractivity contribution in [3.63, 3.8) is 0 Å². The fraction of sp³-hybridized carbons (Fsp3) is 0.440. The molecule has 4 nitrogen and oxygen atoms in total. The number of hydrogen-bond acceptors (Lipinski definition) is 2. The summed E-state index contributed by atoms with van der Waals surface area (Å²) in [6, 6.07) is 15.9. The second kappa shape index (κ2) is 9.22. The number of nitrogens with zero attached hydrogens (tertiary/aromatic N) is 1. The Labute approximate surface area is 183 Å². The third kappa shape index (κ3) is 4.54. The van der Waals surface area contributed by atoms with E-state index >= 15 is 0 Å². The van der Waals surface area contributed by atoms with Crippen LogP contribution in [0.3, 0.4) is 0 Å². The Morgan fingerprint density at radius 3 is 2.50 bits per heavy atom.